The van der Waals surface area contributed by atoms with Gasteiger partial charge in [0.05, 0.1) is 0 Å². The molecule has 2 heterocycles. The molecule has 1 saturated heterocycles. The van der Waals surface area contributed by atoms with Crippen LogP contribution in [-0.2, 0) is 6.42 Å². The van der Waals surface area contributed by atoms with Crippen LogP contribution < -0.4 is 4.90 Å². The second-order valence-corrected chi connectivity index (χ2v) is 5.41. The van der Waals surface area contributed by atoms with Gasteiger partial charge in [-0.3, -0.25) is 0 Å². The molecule has 0 amide bonds. The number of hydrogen-bond acceptors (Lipinski definition) is 4. The van der Waals surface area contributed by atoms with Crippen molar-refractivity contribution in [2.24, 2.45) is 0 Å². The van der Waals surface area contributed by atoms with E-state index in [4.69, 9.17) is 4.42 Å². The molecule has 102 valence electrons. The molecule has 3 rings (SSSR count). The predicted molar refractivity (Wildman–Crippen MR) is 77.8 cm³/mol. The van der Waals surface area contributed by atoms with Gasteiger partial charge in [0.25, 0.3) is 6.01 Å². The molecule has 4 heteroatoms. The Kier molecular flexibility index (Phi) is 3.19. The van der Waals surface area contributed by atoms with Crippen LogP contribution in [0.1, 0.15) is 18.1 Å². The number of aromatic nitrogens is 1. The Hall–Kier alpha value is -1.55. The zero-order valence-corrected chi connectivity index (χ0v) is 11.9. The number of anilines is 1. The summed E-state index contributed by atoms with van der Waals surface area (Å²) in [6.45, 7) is 8.39. The monoisotopic (exact) mass is 259 g/mol. The molecule has 0 saturated carbocycles. The minimum Gasteiger partial charge on any atom is -0.423 e. The van der Waals surface area contributed by atoms with Crippen LogP contribution in [0, 0.1) is 6.92 Å². The zero-order valence-electron chi connectivity index (χ0n) is 11.9. The van der Waals surface area contributed by atoms with E-state index in [0.717, 1.165) is 49.7 Å². The van der Waals surface area contributed by atoms with E-state index in [2.05, 4.69) is 47.8 Å². The van der Waals surface area contributed by atoms with Gasteiger partial charge in [0.1, 0.15) is 5.52 Å². The first-order valence-corrected chi connectivity index (χ1v) is 7.01. The molecule has 0 atom stereocenters. The van der Waals surface area contributed by atoms with Crippen molar-refractivity contribution in [1.29, 1.82) is 0 Å². The maximum Gasteiger partial charge on any atom is 0.298 e. The van der Waals surface area contributed by atoms with Gasteiger partial charge in [-0.25, -0.2) is 0 Å². The molecular weight excluding hydrogens is 238 g/mol. The van der Waals surface area contributed by atoms with E-state index in [9.17, 15) is 0 Å². The number of oxazole rings is 1. The lowest BCUT2D eigenvalue weighted by Gasteiger charge is -2.31. The molecule has 4 nitrogen and oxygen atoms in total. The Morgan fingerprint density at radius 2 is 1.95 bits per heavy atom. The van der Waals surface area contributed by atoms with Crippen molar-refractivity contribution in [2.45, 2.75) is 20.3 Å². The smallest absolute Gasteiger partial charge is 0.298 e. The van der Waals surface area contributed by atoms with Gasteiger partial charge in [-0.05, 0) is 37.6 Å². The quantitative estimate of drug-likeness (QED) is 0.829. The van der Waals surface area contributed by atoms with Gasteiger partial charge < -0.3 is 14.2 Å². The SMILES string of the molecule is CCc1cc(C)cc2nc(N3CCN(C)CC3)oc12. The number of rotatable bonds is 2. The summed E-state index contributed by atoms with van der Waals surface area (Å²) >= 11 is 0. The van der Waals surface area contributed by atoms with Crippen LogP contribution in [0.4, 0.5) is 6.01 Å². The van der Waals surface area contributed by atoms with Gasteiger partial charge in [-0.2, -0.15) is 4.98 Å². The molecule has 1 aromatic carbocycles. The summed E-state index contributed by atoms with van der Waals surface area (Å²) in [6.07, 6.45) is 0.982. The summed E-state index contributed by atoms with van der Waals surface area (Å²) in [7, 11) is 2.15. The van der Waals surface area contributed by atoms with E-state index >= 15 is 0 Å². The molecule has 1 fully saturated rings. The number of nitrogens with zero attached hydrogens (tertiary/aromatic N) is 3. The highest BCUT2D eigenvalue weighted by molar-refractivity contribution is 5.79. The number of hydrogen-bond donors (Lipinski definition) is 0. The Balaban J connectivity index is 1.97. The maximum atomic E-state index is 6.02. The van der Waals surface area contributed by atoms with Gasteiger partial charge in [0.2, 0.25) is 0 Å². The molecule has 19 heavy (non-hydrogen) atoms. The van der Waals surface area contributed by atoms with Crippen LogP contribution in [0.25, 0.3) is 11.1 Å². The third-order valence-corrected chi connectivity index (χ3v) is 3.85. The Morgan fingerprint density at radius 3 is 2.63 bits per heavy atom. The summed E-state index contributed by atoms with van der Waals surface area (Å²) in [6, 6.07) is 5.09. The number of aryl methyl sites for hydroxylation is 2. The van der Waals surface area contributed by atoms with Crippen LogP contribution in [0.3, 0.4) is 0 Å². The molecule has 0 radical (unpaired) electrons. The van der Waals surface area contributed by atoms with Crippen molar-refractivity contribution in [3.8, 4) is 0 Å². The maximum absolute atomic E-state index is 6.02. The summed E-state index contributed by atoms with van der Waals surface area (Å²) in [5, 5.41) is 0. The first-order chi connectivity index (χ1) is 9.17. The lowest BCUT2D eigenvalue weighted by Crippen LogP contribution is -2.44. The van der Waals surface area contributed by atoms with Crippen LogP contribution in [0.2, 0.25) is 0 Å². The minimum absolute atomic E-state index is 0.781. The molecule has 1 aliphatic heterocycles. The third-order valence-electron chi connectivity index (χ3n) is 3.85. The van der Waals surface area contributed by atoms with Crippen molar-refractivity contribution >= 4 is 17.1 Å². The van der Waals surface area contributed by atoms with Gasteiger partial charge >= 0.3 is 0 Å². The largest absolute Gasteiger partial charge is 0.423 e. The molecule has 0 bridgehead atoms. The molecular formula is C15H21N3O. The average molecular weight is 259 g/mol. The topological polar surface area (TPSA) is 32.5 Å². The molecule has 0 N–H and O–H groups in total. The second kappa shape index (κ2) is 4.85. The molecule has 1 aliphatic rings. The normalized spacial score (nSPS) is 17.3. The van der Waals surface area contributed by atoms with Crippen molar-refractivity contribution in [3.63, 3.8) is 0 Å². The van der Waals surface area contributed by atoms with E-state index in [0.29, 0.717) is 0 Å². The number of likely N-dealkylation sites (N-methyl/N-ethyl adjacent to an activating group) is 1. The lowest BCUT2D eigenvalue weighted by atomic mass is 10.1. The van der Waals surface area contributed by atoms with Crippen molar-refractivity contribution in [2.75, 3.05) is 38.1 Å². The fourth-order valence-corrected chi connectivity index (χ4v) is 2.64. The highest BCUT2D eigenvalue weighted by Gasteiger charge is 2.19. The highest BCUT2D eigenvalue weighted by atomic mass is 16.4. The van der Waals surface area contributed by atoms with Gasteiger partial charge in [0.15, 0.2) is 5.58 Å². The van der Waals surface area contributed by atoms with Crippen LogP contribution in [-0.4, -0.2) is 43.1 Å². The van der Waals surface area contributed by atoms with Crippen LogP contribution in [0.15, 0.2) is 16.5 Å². The van der Waals surface area contributed by atoms with E-state index in [-0.39, 0.29) is 0 Å². The van der Waals surface area contributed by atoms with Crippen molar-refractivity contribution in [3.05, 3.63) is 23.3 Å². The van der Waals surface area contributed by atoms with Crippen LogP contribution >= 0.6 is 0 Å². The Morgan fingerprint density at radius 1 is 1.21 bits per heavy atom. The molecule has 0 spiro atoms. The molecule has 2 aromatic rings. The van der Waals surface area contributed by atoms with E-state index in [1.165, 1.54) is 11.1 Å². The Bertz CT molecular complexity index is 582. The molecule has 0 aliphatic carbocycles. The molecule has 0 unspecified atom stereocenters. The summed E-state index contributed by atoms with van der Waals surface area (Å²) in [5.41, 5.74) is 4.46. The lowest BCUT2D eigenvalue weighted by molar-refractivity contribution is 0.305. The Labute approximate surface area is 114 Å². The fourth-order valence-electron chi connectivity index (χ4n) is 2.64. The van der Waals surface area contributed by atoms with Gasteiger partial charge in [0, 0.05) is 26.2 Å². The van der Waals surface area contributed by atoms with Crippen LogP contribution in [0.5, 0.6) is 0 Å². The minimum atomic E-state index is 0.781. The van der Waals surface area contributed by atoms with Gasteiger partial charge in [-0.1, -0.05) is 13.0 Å². The van der Waals surface area contributed by atoms with Crippen molar-refractivity contribution < 1.29 is 4.42 Å². The number of fused-ring (bicyclic) bond motifs is 1. The average Bonchev–Trinajstić information content (AvgIpc) is 2.82. The number of piperazine rings is 1. The summed E-state index contributed by atoms with van der Waals surface area (Å²) in [4.78, 5) is 9.25. The molecule has 1 aromatic heterocycles. The second-order valence-electron chi connectivity index (χ2n) is 5.41. The first-order valence-electron chi connectivity index (χ1n) is 7.01. The third kappa shape index (κ3) is 2.32. The standard InChI is InChI=1S/C15H21N3O/c1-4-12-9-11(2)10-13-14(12)19-15(16-13)18-7-5-17(3)6-8-18/h9-10H,4-8H2,1-3H3. The van der Waals surface area contributed by atoms with Gasteiger partial charge in [-0.15, -0.1) is 0 Å². The first kappa shape index (κ1) is 12.5. The fraction of sp³-hybridized carbons (Fsp3) is 0.533. The van der Waals surface area contributed by atoms with E-state index in [1.807, 2.05) is 0 Å². The zero-order chi connectivity index (χ0) is 13.4. The van der Waals surface area contributed by atoms with Crippen molar-refractivity contribution in [1.82, 2.24) is 9.88 Å². The predicted octanol–water partition coefficient (Wildman–Crippen LogP) is 2.45. The summed E-state index contributed by atoms with van der Waals surface area (Å²) < 4.78 is 6.02. The van der Waals surface area contributed by atoms with E-state index in [1.54, 1.807) is 0 Å². The summed E-state index contributed by atoms with van der Waals surface area (Å²) in [5.74, 6) is 0. The van der Waals surface area contributed by atoms with E-state index < -0.39 is 0 Å². The number of benzene rings is 1. The highest BCUT2D eigenvalue weighted by Crippen LogP contribution is 2.27.